The van der Waals surface area contributed by atoms with E-state index in [1.807, 2.05) is 60.7 Å². The first-order valence-electron chi connectivity index (χ1n) is 8.54. The highest BCUT2D eigenvalue weighted by molar-refractivity contribution is 7.99. The Bertz CT molecular complexity index is 1120. The van der Waals surface area contributed by atoms with Gasteiger partial charge in [-0.25, -0.2) is 4.68 Å². The first-order valence-corrected chi connectivity index (χ1v) is 9.36. The summed E-state index contributed by atoms with van der Waals surface area (Å²) in [7, 11) is 0. The number of nitro benzene ring substituents is 1. The molecule has 0 saturated carbocycles. The molecule has 3 aromatic carbocycles. The van der Waals surface area contributed by atoms with Crippen molar-refractivity contribution in [2.45, 2.75) is 9.92 Å². The molecule has 4 aromatic rings. The zero-order valence-electron chi connectivity index (χ0n) is 14.7. The van der Waals surface area contributed by atoms with Crippen molar-refractivity contribution in [3.63, 3.8) is 0 Å². The second-order valence-corrected chi connectivity index (χ2v) is 7.12. The second-order valence-electron chi connectivity index (χ2n) is 6.06. The number of hydrogen-bond donors (Lipinski definition) is 1. The zero-order chi connectivity index (χ0) is 19.5. The molecule has 28 heavy (non-hydrogen) atoms. The van der Waals surface area contributed by atoms with E-state index in [2.05, 4.69) is 0 Å². The molecule has 7 heteroatoms. The minimum absolute atomic E-state index is 0.0423. The number of nitrogens with two attached hydrogens (primary N) is 1. The molecular formula is C21H16N4O2S. The molecule has 0 bridgehead atoms. The number of aromatic nitrogens is 2. The predicted octanol–water partition coefficient (Wildman–Crippen LogP) is 5.18. The monoisotopic (exact) mass is 388 g/mol. The third-order valence-electron chi connectivity index (χ3n) is 4.18. The summed E-state index contributed by atoms with van der Waals surface area (Å²) in [5, 5.41) is 16.6. The Balaban J connectivity index is 1.80. The summed E-state index contributed by atoms with van der Waals surface area (Å²) in [4.78, 5) is 11.5. The van der Waals surface area contributed by atoms with E-state index in [0.29, 0.717) is 5.69 Å². The molecule has 1 aromatic heterocycles. The van der Waals surface area contributed by atoms with Gasteiger partial charge in [-0.3, -0.25) is 10.1 Å². The van der Waals surface area contributed by atoms with Crippen molar-refractivity contribution in [1.29, 1.82) is 0 Å². The van der Waals surface area contributed by atoms with Crippen LogP contribution >= 0.6 is 11.8 Å². The van der Waals surface area contributed by atoms with Crippen molar-refractivity contribution >= 4 is 23.1 Å². The fourth-order valence-corrected chi connectivity index (χ4v) is 3.73. The van der Waals surface area contributed by atoms with Gasteiger partial charge in [0.2, 0.25) is 0 Å². The van der Waals surface area contributed by atoms with Gasteiger partial charge in [0.1, 0.15) is 5.03 Å². The van der Waals surface area contributed by atoms with Crippen molar-refractivity contribution in [2.24, 2.45) is 0 Å². The van der Waals surface area contributed by atoms with E-state index in [9.17, 15) is 10.1 Å². The lowest BCUT2D eigenvalue weighted by molar-refractivity contribution is -0.384. The van der Waals surface area contributed by atoms with Crippen LogP contribution in [0.25, 0.3) is 16.9 Å². The fourth-order valence-electron chi connectivity index (χ4n) is 2.77. The molecule has 0 atom stereocenters. The van der Waals surface area contributed by atoms with Crippen LogP contribution in [0.2, 0.25) is 0 Å². The Labute approximate surface area is 165 Å². The van der Waals surface area contributed by atoms with Gasteiger partial charge in [-0.1, -0.05) is 54.2 Å². The Morgan fingerprint density at radius 2 is 1.61 bits per heavy atom. The Morgan fingerprint density at radius 1 is 0.929 bits per heavy atom. The van der Waals surface area contributed by atoms with Crippen molar-refractivity contribution < 1.29 is 4.92 Å². The molecule has 1 heterocycles. The predicted molar refractivity (Wildman–Crippen MR) is 111 cm³/mol. The summed E-state index contributed by atoms with van der Waals surface area (Å²) in [6.45, 7) is 0. The zero-order valence-corrected chi connectivity index (χ0v) is 15.5. The number of nitrogen functional groups attached to an aromatic ring is 1. The van der Waals surface area contributed by atoms with E-state index in [0.717, 1.165) is 26.9 Å². The molecule has 0 spiro atoms. The number of hydrogen-bond acceptors (Lipinski definition) is 5. The van der Waals surface area contributed by atoms with Crippen LogP contribution < -0.4 is 5.73 Å². The van der Waals surface area contributed by atoms with Gasteiger partial charge in [-0.2, -0.15) is 5.10 Å². The normalized spacial score (nSPS) is 10.7. The molecule has 0 unspecified atom stereocenters. The molecule has 0 aliphatic heterocycles. The lowest BCUT2D eigenvalue weighted by Gasteiger charge is -2.08. The molecule has 0 aliphatic carbocycles. The van der Waals surface area contributed by atoms with E-state index >= 15 is 0 Å². The number of benzene rings is 3. The van der Waals surface area contributed by atoms with Gasteiger partial charge in [0.05, 0.1) is 16.3 Å². The molecule has 0 aliphatic rings. The lowest BCUT2D eigenvalue weighted by atomic mass is 10.2. The summed E-state index contributed by atoms with van der Waals surface area (Å²) in [6, 6.07) is 25.8. The molecule has 2 N–H and O–H groups in total. The average molecular weight is 388 g/mol. The van der Waals surface area contributed by atoms with Gasteiger partial charge in [-0.15, -0.1) is 0 Å². The third kappa shape index (κ3) is 3.60. The van der Waals surface area contributed by atoms with Crippen LogP contribution in [0.5, 0.6) is 0 Å². The standard InChI is InChI=1S/C21H16N4O2S/c22-18-8-4-5-9-20(18)28-21-14-19(15-6-2-1-3-7-15)23-24(21)16-10-12-17(13-11-16)25(26)27/h1-14H,22H2. The van der Waals surface area contributed by atoms with Crippen LogP contribution in [-0.4, -0.2) is 14.7 Å². The smallest absolute Gasteiger partial charge is 0.269 e. The molecule has 0 radical (unpaired) electrons. The number of nitrogens with zero attached hydrogens (tertiary/aromatic N) is 3. The molecule has 0 saturated heterocycles. The van der Waals surface area contributed by atoms with Crippen LogP contribution in [-0.2, 0) is 0 Å². The van der Waals surface area contributed by atoms with Gasteiger partial charge < -0.3 is 5.73 Å². The summed E-state index contributed by atoms with van der Waals surface area (Å²) in [6.07, 6.45) is 0. The van der Waals surface area contributed by atoms with E-state index < -0.39 is 4.92 Å². The number of rotatable bonds is 5. The van der Waals surface area contributed by atoms with Crippen LogP contribution in [0.1, 0.15) is 0 Å². The Hall–Kier alpha value is -3.58. The maximum Gasteiger partial charge on any atom is 0.269 e. The molecule has 0 amide bonds. The summed E-state index contributed by atoms with van der Waals surface area (Å²) in [5.41, 5.74) is 9.38. The minimum Gasteiger partial charge on any atom is -0.398 e. The van der Waals surface area contributed by atoms with Crippen LogP contribution in [0, 0.1) is 10.1 Å². The number of nitro groups is 1. The number of para-hydroxylation sites is 1. The summed E-state index contributed by atoms with van der Waals surface area (Å²) in [5.74, 6) is 0. The highest BCUT2D eigenvalue weighted by Crippen LogP contribution is 2.35. The van der Waals surface area contributed by atoms with Crippen molar-refractivity contribution in [1.82, 2.24) is 9.78 Å². The van der Waals surface area contributed by atoms with Gasteiger partial charge in [0.25, 0.3) is 5.69 Å². The summed E-state index contributed by atoms with van der Waals surface area (Å²) < 4.78 is 1.78. The Morgan fingerprint density at radius 3 is 2.29 bits per heavy atom. The highest BCUT2D eigenvalue weighted by Gasteiger charge is 2.15. The second kappa shape index (κ2) is 7.58. The highest BCUT2D eigenvalue weighted by atomic mass is 32.2. The topological polar surface area (TPSA) is 87.0 Å². The third-order valence-corrected chi connectivity index (χ3v) is 5.28. The van der Waals surface area contributed by atoms with Gasteiger partial charge in [-0.05, 0) is 30.3 Å². The molecule has 4 rings (SSSR count). The minimum atomic E-state index is -0.414. The molecular weight excluding hydrogens is 372 g/mol. The van der Waals surface area contributed by atoms with E-state index in [4.69, 9.17) is 10.8 Å². The van der Waals surface area contributed by atoms with Crippen molar-refractivity contribution in [2.75, 3.05) is 5.73 Å². The van der Waals surface area contributed by atoms with E-state index in [1.54, 1.807) is 16.8 Å². The van der Waals surface area contributed by atoms with Gasteiger partial charge in [0.15, 0.2) is 0 Å². The van der Waals surface area contributed by atoms with Gasteiger partial charge >= 0.3 is 0 Å². The first-order chi connectivity index (χ1) is 13.6. The number of non-ortho nitro benzene ring substituents is 1. The maximum absolute atomic E-state index is 10.9. The average Bonchev–Trinajstić information content (AvgIpc) is 3.14. The molecule has 0 fully saturated rings. The SMILES string of the molecule is Nc1ccccc1Sc1cc(-c2ccccc2)nn1-c1ccc([N+](=O)[O-])cc1. The Kier molecular flexibility index (Phi) is 4.82. The maximum atomic E-state index is 10.9. The van der Waals surface area contributed by atoms with Gasteiger partial charge in [0, 0.05) is 28.3 Å². The molecule has 138 valence electrons. The van der Waals surface area contributed by atoms with Crippen molar-refractivity contribution in [3.8, 4) is 16.9 Å². The van der Waals surface area contributed by atoms with Crippen LogP contribution in [0.15, 0.2) is 94.9 Å². The van der Waals surface area contributed by atoms with Crippen molar-refractivity contribution in [3.05, 3.63) is 95.0 Å². The van der Waals surface area contributed by atoms with Crippen LogP contribution in [0.4, 0.5) is 11.4 Å². The van der Waals surface area contributed by atoms with E-state index in [1.165, 1.54) is 23.9 Å². The summed E-state index contributed by atoms with van der Waals surface area (Å²) >= 11 is 1.50. The molecule has 6 nitrogen and oxygen atoms in total. The van der Waals surface area contributed by atoms with Crippen LogP contribution in [0.3, 0.4) is 0 Å². The fraction of sp³-hybridized carbons (Fsp3) is 0. The first kappa shape index (κ1) is 17.8. The largest absolute Gasteiger partial charge is 0.398 e. The van der Waals surface area contributed by atoms with E-state index in [-0.39, 0.29) is 5.69 Å². The quantitative estimate of drug-likeness (QED) is 0.289. The lowest BCUT2D eigenvalue weighted by Crippen LogP contribution is -1.99. The number of anilines is 1.